The van der Waals surface area contributed by atoms with Gasteiger partial charge in [-0.05, 0) is 6.92 Å². The lowest BCUT2D eigenvalue weighted by atomic mass is 10.0. The van der Waals surface area contributed by atoms with Crippen LogP contribution in [0.25, 0.3) is 0 Å². The fourth-order valence-electron chi connectivity index (χ4n) is 3.30. The Morgan fingerprint density at radius 1 is 1.40 bits per heavy atom. The molecule has 3 rings (SSSR count). The van der Waals surface area contributed by atoms with E-state index in [0.29, 0.717) is 0 Å². The Bertz CT molecular complexity index is 1020. The van der Waals surface area contributed by atoms with Gasteiger partial charge in [-0.25, -0.2) is 0 Å². The minimum absolute atomic E-state index is 0.0403. The first-order valence-electron chi connectivity index (χ1n) is 8.54. The maximum atomic E-state index is 12.6. The number of aromatic nitrogens is 2. The third-order valence-corrected chi connectivity index (χ3v) is 5.90. The van der Waals surface area contributed by atoms with E-state index in [1.807, 2.05) is 0 Å². The summed E-state index contributed by atoms with van der Waals surface area (Å²) in [6, 6.07) is -1.10. The number of nitrogens with zero attached hydrogens (tertiary/aromatic N) is 4. The fourth-order valence-corrected chi connectivity index (χ4v) is 4.63. The van der Waals surface area contributed by atoms with Gasteiger partial charge in [-0.3, -0.25) is 34.1 Å². The molecule has 0 bridgehead atoms. The van der Waals surface area contributed by atoms with Crippen molar-refractivity contribution in [2.24, 2.45) is 7.05 Å². The lowest BCUT2D eigenvalue weighted by molar-refractivity contribution is -0.385. The zero-order valence-electron chi connectivity index (χ0n) is 16.0. The van der Waals surface area contributed by atoms with E-state index < -0.39 is 51.5 Å². The molecular weight excluding hydrogens is 422 g/mol. The number of aryl methyl sites for hydroxylation is 2. The molecule has 0 spiro atoms. The van der Waals surface area contributed by atoms with Gasteiger partial charge in [0, 0.05) is 25.3 Å². The van der Waals surface area contributed by atoms with Gasteiger partial charge in [0.2, 0.25) is 5.69 Å². The molecule has 2 atom stereocenters. The van der Waals surface area contributed by atoms with Crippen molar-refractivity contribution in [3.63, 3.8) is 0 Å². The number of hydrogen-bond acceptors (Lipinski definition) is 10. The van der Waals surface area contributed by atoms with Gasteiger partial charge in [0.25, 0.3) is 11.8 Å². The van der Waals surface area contributed by atoms with E-state index in [0.717, 1.165) is 28.3 Å². The summed E-state index contributed by atoms with van der Waals surface area (Å²) in [5, 5.41) is 28.4. The second kappa shape index (κ2) is 7.78. The van der Waals surface area contributed by atoms with Crippen LogP contribution in [0.15, 0.2) is 11.3 Å². The lowest BCUT2D eigenvalue weighted by Crippen LogP contribution is -2.71. The molecule has 2 aliphatic rings. The van der Waals surface area contributed by atoms with Crippen molar-refractivity contribution in [2.45, 2.75) is 25.3 Å². The van der Waals surface area contributed by atoms with E-state index in [-0.39, 0.29) is 29.3 Å². The van der Waals surface area contributed by atoms with Crippen LogP contribution in [0.4, 0.5) is 5.69 Å². The number of esters is 1. The minimum Gasteiger partial charge on any atom is -0.543 e. The van der Waals surface area contributed by atoms with Crippen molar-refractivity contribution < 1.29 is 33.9 Å². The second-order valence-corrected chi connectivity index (χ2v) is 7.65. The number of ether oxygens (including phenoxy) is 1. The molecular formula is C16H16N5O8S-. The summed E-state index contributed by atoms with van der Waals surface area (Å²) in [5.74, 6) is -3.70. The van der Waals surface area contributed by atoms with E-state index in [2.05, 4.69) is 10.4 Å². The number of nitro groups is 1. The van der Waals surface area contributed by atoms with Crippen LogP contribution < -0.4 is 10.4 Å². The van der Waals surface area contributed by atoms with E-state index in [1.165, 1.54) is 14.0 Å². The van der Waals surface area contributed by atoms with Crippen LogP contribution in [0, 0.1) is 17.0 Å². The molecule has 2 aliphatic heterocycles. The van der Waals surface area contributed by atoms with Gasteiger partial charge in [0.05, 0.1) is 16.6 Å². The number of carboxylic acids is 1. The Balaban J connectivity index is 1.82. The smallest absolute Gasteiger partial charge is 0.322 e. The van der Waals surface area contributed by atoms with Gasteiger partial charge < -0.3 is 20.0 Å². The maximum absolute atomic E-state index is 12.6. The Kier molecular flexibility index (Phi) is 5.52. The number of fused-ring (bicyclic) bond motifs is 1. The average Bonchev–Trinajstić information content (AvgIpc) is 2.97. The SMILES string of the molecule is CC(=O)OCC1=C(C(=O)[O-])N2C(=O)C(NC(=O)c3c([N+](=O)[O-])c(C)nn3C)C2SC1. The number of carboxylic acid groups (broad SMARTS) is 1. The highest BCUT2D eigenvalue weighted by Gasteiger charge is 2.53. The normalized spacial score (nSPS) is 20.4. The van der Waals surface area contributed by atoms with Crippen molar-refractivity contribution in [1.29, 1.82) is 0 Å². The van der Waals surface area contributed by atoms with Gasteiger partial charge in [0.15, 0.2) is 0 Å². The Morgan fingerprint density at radius 3 is 2.63 bits per heavy atom. The Hall–Kier alpha value is -3.42. The molecule has 0 aliphatic carbocycles. The summed E-state index contributed by atoms with van der Waals surface area (Å²) >= 11 is 1.16. The van der Waals surface area contributed by atoms with Gasteiger partial charge in [0.1, 0.15) is 23.7 Å². The van der Waals surface area contributed by atoms with Gasteiger partial charge in [-0.1, -0.05) is 0 Å². The molecule has 1 N–H and O–H groups in total. The molecule has 2 amide bonds. The Labute approximate surface area is 173 Å². The average molecular weight is 438 g/mol. The third-order valence-electron chi connectivity index (χ3n) is 4.57. The molecule has 2 unspecified atom stereocenters. The highest BCUT2D eigenvalue weighted by molar-refractivity contribution is 8.00. The van der Waals surface area contributed by atoms with Crippen molar-refractivity contribution >= 4 is 41.2 Å². The summed E-state index contributed by atoms with van der Waals surface area (Å²) in [4.78, 5) is 59.3. The second-order valence-electron chi connectivity index (χ2n) is 6.54. The number of nitrogens with one attached hydrogen (secondary N) is 1. The largest absolute Gasteiger partial charge is 0.543 e. The summed E-state index contributed by atoms with van der Waals surface area (Å²) in [5.41, 5.74) is -0.969. The van der Waals surface area contributed by atoms with Crippen LogP contribution in [0.5, 0.6) is 0 Å². The highest BCUT2D eigenvalue weighted by atomic mass is 32.2. The zero-order valence-corrected chi connectivity index (χ0v) is 16.8. The summed E-state index contributed by atoms with van der Waals surface area (Å²) in [7, 11) is 1.36. The quantitative estimate of drug-likeness (QED) is 0.231. The molecule has 1 saturated heterocycles. The monoisotopic (exact) mass is 438 g/mol. The van der Waals surface area contributed by atoms with Gasteiger partial charge in [-0.2, -0.15) is 5.10 Å². The van der Waals surface area contributed by atoms with E-state index in [9.17, 15) is 34.4 Å². The molecule has 0 aromatic carbocycles. The van der Waals surface area contributed by atoms with Crippen molar-refractivity contribution in [2.75, 3.05) is 12.4 Å². The molecule has 30 heavy (non-hydrogen) atoms. The summed E-state index contributed by atoms with van der Waals surface area (Å²) in [6.07, 6.45) is 0. The van der Waals surface area contributed by atoms with E-state index in [4.69, 9.17) is 4.74 Å². The number of hydrogen-bond donors (Lipinski definition) is 1. The number of carbonyl (C=O) groups is 4. The molecule has 13 nitrogen and oxygen atoms in total. The first-order valence-corrected chi connectivity index (χ1v) is 9.59. The number of aliphatic carboxylic acids is 1. The predicted octanol–water partition coefficient (Wildman–Crippen LogP) is -1.78. The predicted molar refractivity (Wildman–Crippen MR) is 97.6 cm³/mol. The van der Waals surface area contributed by atoms with E-state index >= 15 is 0 Å². The molecule has 0 saturated carbocycles. The van der Waals surface area contributed by atoms with Crippen LogP contribution in [0.2, 0.25) is 0 Å². The molecule has 0 radical (unpaired) electrons. The number of rotatable bonds is 6. The number of β-lactam (4-membered cyclic amide) rings is 1. The van der Waals surface area contributed by atoms with E-state index in [1.54, 1.807) is 0 Å². The van der Waals surface area contributed by atoms with Gasteiger partial charge >= 0.3 is 11.7 Å². The molecule has 1 aromatic rings. The third kappa shape index (κ3) is 3.49. The molecule has 3 heterocycles. The van der Waals surface area contributed by atoms with Crippen LogP contribution >= 0.6 is 11.8 Å². The maximum Gasteiger partial charge on any atom is 0.322 e. The number of thioether (sulfide) groups is 1. The van der Waals surface area contributed by atoms with Crippen LogP contribution in [0.3, 0.4) is 0 Å². The Morgan fingerprint density at radius 2 is 2.07 bits per heavy atom. The van der Waals surface area contributed by atoms with Gasteiger partial charge in [-0.15, -0.1) is 11.8 Å². The van der Waals surface area contributed by atoms with Crippen molar-refractivity contribution in [3.05, 3.63) is 32.8 Å². The number of amides is 2. The molecule has 1 aromatic heterocycles. The summed E-state index contributed by atoms with van der Waals surface area (Å²) in [6.45, 7) is 2.24. The van der Waals surface area contributed by atoms with Crippen LogP contribution in [-0.4, -0.2) is 67.1 Å². The first-order chi connectivity index (χ1) is 14.0. The van der Waals surface area contributed by atoms with Crippen molar-refractivity contribution in [3.8, 4) is 0 Å². The first kappa shape index (κ1) is 21.3. The summed E-state index contributed by atoms with van der Waals surface area (Å²) < 4.78 is 5.87. The number of carbonyl (C=O) groups excluding carboxylic acids is 4. The highest BCUT2D eigenvalue weighted by Crippen LogP contribution is 2.40. The van der Waals surface area contributed by atoms with Crippen LogP contribution in [-0.2, 0) is 26.2 Å². The van der Waals surface area contributed by atoms with Crippen LogP contribution in [0.1, 0.15) is 23.1 Å². The zero-order chi connectivity index (χ0) is 22.3. The molecule has 14 heteroatoms. The molecule has 160 valence electrons. The topological polar surface area (TPSA) is 177 Å². The minimum atomic E-state index is -1.61. The lowest BCUT2D eigenvalue weighted by Gasteiger charge is -2.50. The molecule has 1 fully saturated rings. The van der Waals surface area contributed by atoms with Crippen molar-refractivity contribution in [1.82, 2.24) is 20.0 Å². The fraction of sp³-hybridized carbons (Fsp3) is 0.438. The standard InChI is InChI=1S/C16H17N5O8S/c1-6-10(21(27)28)12(19(3)18-6)13(23)17-9-14(24)20-11(16(25)26)8(4-29-7(2)22)5-30-15(9)20/h9,15H,4-5H2,1-3H3,(H,17,23)(H,25,26)/p-1.